The van der Waals surface area contributed by atoms with Crippen molar-refractivity contribution in [1.82, 2.24) is 10.2 Å². The zero-order chi connectivity index (χ0) is 20.1. The highest BCUT2D eigenvalue weighted by Crippen LogP contribution is 2.32. The number of carbonyl (C=O) groups is 3. The largest absolute Gasteiger partial charge is 0.481 e. The molecular formula is C21H26N2O5. The molecule has 2 atom stereocenters. The second-order valence-electron chi connectivity index (χ2n) is 7.29. The highest BCUT2D eigenvalue weighted by atomic mass is 16.5. The molecule has 0 bridgehead atoms. The van der Waals surface area contributed by atoms with Gasteiger partial charge < -0.3 is 20.1 Å². The summed E-state index contributed by atoms with van der Waals surface area (Å²) in [7, 11) is 0. The number of aliphatic carboxylic acids is 1. The van der Waals surface area contributed by atoms with E-state index in [9.17, 15) is 19.5 Å². The normalized spacial score (nSPS) is 20.3. The van der Waals surface area contributed by atoms with Crippen LogP contribution in [0.5, 0.6) is 0 Å². The smallest absolute Gasteiger partial charge is 0.308 e. The van der Waals surface area contributed by atoms with Crippen molar-refractivity contribution in [3.05, 3.63) is 41.6 Å². The third-order valence-electron chi connectivity index (χ3n) is 5.52. The molecule has 2 aliphatic heterocycles. The number of hydrogen-bond donors (Lipinski definition) is 2. The maximum Gasteiger partial charge on any atom is 0.308 e. The van der Waals surface area contributed by atoms with Gasteiger partial charge in [0, 0.05) is 32.9 Å². The van der Waals surface area contributed by atoms with Gasteiger partial charge in [0.05, 0.1) is 18.4 Å². The molecule has 2 unspecified atom stereocenters. The Labute approximate surface area is 164 Å². The van der Waals surface area contributed by atoms with E-state index in [1.165, 1.54) is 6.92 Å². The van der Waals surface area contributed by atoms with Crippen molar-refractivity contribution in [3.8, 4) is 0 Å². The summed E-state index contributed by atoms with van der Waals surface area (Å²) in [6.07, 6.45) is 5.01. The fraction of sp³-hybridized carbons (Fsp3) is 0.476. The van der Waals surface area contributed by atoms with Gasteiger partial charge in [-0.05, 0) is 36.0 Å². The minimum absolute atomic E-state index is 0.00129. The number of ether oxygens (including phenoxy) is 1. The van der Waals surface area contributed by atoms with Crippen LogP contribution in [0.1, 0.15) is 43.4 Å². The number of benzene rings is 1. The lowest BCUT2D eigenvalue weighted by Crippen LogP contribution is -2.40. The third kappa shape index (κ3) is 4.59. The Bertz CT molecular complexity index is 770. The van der Waals surface area contributed by atoms with Crippen molar-refractivity contribution >= 4 is 23.9 Å². The van der Waals surface area contributed by atoms with Gasteiger partial charge in [0.1, 0.15) is 0 Å². The maximum atomic E-state index is 12.6. The zero-order valence-corrected chi connectivity index (χ0v) is 16.0. The molecule has 0 aliphatic carbocycles. The van der Waals surface area contributed by atoms with E-state index in [0.717, 1.165) is 11.1 Å². The van der Waals surface area contributed by atoms with Gasteiger partial charge in [-0.15, -0.1) is 0 Å². The van der Waals surface area contributed by atoms with E-state index in [4.69, 9.17) is 4.74 Å². The molecule has 2 N–H and O–H groups in total. The number of nitrogens with one attached hydrogen (secondary N) is 1. The highest BCUT2D eigenvalue weighted by Gasteiger charge is 2.32. The molecule has 0 aromatic heterocycles. The summed E-state index contributed by atoms with van der Waals surface area (Å²) >= 11 is 0. The van der Waals surface area contributed by atoms with E-state index in [-0.39, 0.29) is 30.7 Å². The lowest BCUT2D eigenvalue weighted by molar-refractivity contribution is -0.145. The molecule has 7 heteroatoms. The van der Waals surface area contributed by atoms with Crippen LogP contribution in [0, 0.1) is 11.8 Å². The summed E-state index contributed by atoms with van der Waals surface area (Å²) in [6, 6.07) is 7.25. The van der Waals surface area contributed by atoms with Crippen LogP contribution in [-0.2, 0) is 19.1 Å². The molecule has 1 aromatic rings. The average Bonchev–Trinajstić information content (AvgIpc) is 2.68. The Hall–Kier alpha value is -2.67. The van der Waals surface area contributed by atoms with Crippen LogP contribution in [0.25, 0.3) is 6.08 Å². The Morgan fingerprint density at radius 3 is 2.64 bits per heavy atom. The number of carboxylic acid groups (broad SMARTS) is 1. The quantitative estimate of drug-likeness (QED) is 0.781. The molecule has 0 saturated carbocycles. The van der Waals surface area contributed by atoms with Gasteiger partial charge >= 0.3 is 5.97 Å². The van der Waals surface area contributed by atoms with Crippen LogP contribution in [-0.4, -0.2) is 47.5 Å². The molecular weight excluding hydrogens is 360 g/mol. The van der Waals surface area contributed by atoms with Crippen LogP contribution >= 0.6 is 0 Å². The highest BCUT2D eigenvalue weighted by molar-refractivity contribution is 5.82. The van der Waals surface area contributed by atoms with Gasteiger partial charge in [-0.2, -0.15) is 0 Å². The first-order chi connectivity index (χ1) is 13.5. The molecule has 0 radical (unpaired) electrons. The SMILES string of the molecule is CC(=O)N1C=Cc2ccccc2C1CC(=O)NCC(C(=O)O)C1CCOCC1. The van der Waals surface area contributed by atoms with Crippen molar-refractivity contribution < 1.29 is 24.2 Å². The third-order valence-corrected chi connectivity index (χ3v) is 5.52. The van der Waals surface area contributed by atoms with Crippen molar-refractivity contribution in [2.24, 2.45) is 11.8 Å². The minimum Gasteiger partial charge on any atom is -0.481 e. The molecule has 0 spiro atoms. The van der Waals surface area contributed by atoms with Gasteiger partial charge in [-0.25, -0.2) is 0 Å². The number of carboxylic acids is 1. The predicted molar refractivity (Wildman–Crippen MR) is 103 cm³/mol. The average molecular weight is 386 g/mol. The monoisotopic (exact) mass is 386 g/mol. The first-order valence-corrected chi connectivity index (χ1v) is 9.60. The lowest BCUT2D eigenvalue weighted by Gasteiger charge is -2.32. The van der Waals surface area contributed by atoms with E-state index < -0.39 is 17.9 Å². The second kappa shape index (κ2) is 9.01. The number of fused-ring (bicyclic) bond motifs is 1. The van der Waals surface area contributed by atoms with Crippen molar-refractivity contribution in [2.45, 2.75) is 32.2 Å². The van der Waals surface area contributed by atoms with Gasteiger partial charge in [-0.1, -0.05) is 24.3 Å². The molecule has 2 heterocycles. The molecule has 1 aromatic carbocycles. The fourth-order valence-electron chi connectivity index (χ4n) is 3.96. The fourth-order valence-corrected chi connectivity index (χ4v) is 3.96. The first-order valence-electron chi connectivity index (χ1n) is 9.60. The Balaban J connectivity index is 1.66. The first kappa shape index (κ1) is 20.1. The van der Waals surface area contributed by atoms with E-state index in [2.05, 4.69) is 5.32 Å². The van der Waals surface area contributed by atoms with Crippen molar-refractivity contribution in [3.63, 3.8) is 0 Å². The summed E-state index contributed by atoms with van der Waals surface area (Å²) in [5.41, 5.74) is 1.89. The Morgan fingerprint density at radius 2 is 1.96 bits per heavy atom. The number of hydrogen-bond acceptors (Lipinski definition) is 4. The molecule has 150 valence electrons. The number of rotatable bonds is 6. The van der Waals surface area contributed by atoms with Gasteiger partial charge in [0.15, 0.2) is 0 Å². The molecule has 3 rings (SSSR count). The number of nitrogens with zero attached hydrogens (tertiary/aromatic N) is 1. The lowest BCUT2D eigenvalue weighted by atomic mass is 9.86. The van der Waals surface area contributed by atoms with Crippen LogP contribution in [0.4, 0.5) is 0 Å². The zero-order valence-electron chi connectivity index (χ0n) is 16.0. The Morgan fingerprint density at radius 1 is 1.25 bits per heavy atom. The topological polar surface area (TPSA) is 95.9 Å². The van der Waals surface area contributed by atoms with E-state index >= 15 is 0 Å². The molecule has 7 nitrogen and oxygen atoms in total. The summed E-state index contributed by atoms with van der Waals surface area (Å²) in [5.74, 6) is -1.94. The van der Waals surface area contributed by atoms with Crippen molar-refractivity contribution in [2.75, 3.05) is 19.8 Å². The molecule has 1 fully saturated rings. The van der Waals surface area contributed by atoms with E-state index in [1.807, 2.05) is 30.3 Å². The maximum absolute atomic E-state index is 12.6. The van der Waals surface area contributed by atoms with Gasteiger partial charge in [-0.3, -0.25) is 14.4 Å². The molecule has 1 saturated heterocycles. The van der Waals surface area contributed by atoms with Crippen LogP contribution < -0.4 is 5.32 Å². The molecule has 2 aliphatic rings. The van der Waals surface area contributed by atoms with Crippen LogP contribution in [0.15, 0.2) is 30.5 Å². The van der Waals surface area contributed by atoms with Gasteiger partial charge in [0.25, 0.3) is 0 Å². The van der Waals surface area contributed by atoms with E-state index in [1.54, 1.807) is 11.1 Å². The summed E-state index contributed by atoms with van der Waals surface area (Å²) in [5, 5.41) is 12.3. The summed E-state index contributed by atoms with van der Waals surface area (Å²) in [4.78, 5) is 37.8. The summed E-state index contributed by atoms with van der Waals surface area (Å²) in [6.45, 7) is 2.67. The Kier molecular flexibility index (Phi) is 6.46. The standard InChI is InChI=1S/C21H26N2O5/c1-14(24)23-9-6-15-4-2-3-5-17(15)19(23)12-20(25)22-13-18(21(26)27)16-7-10-28-11-8-16/h2-6,9,16,18-19H,7-8,10-13H2,1H3,(H,22,25)(H,26,27). The second-order valence-corrected chi connectivity index (χ2v) is 7.29. The minimum atomic E-state index is -0.900. The van der Waals surface area contributed by atoms with E-state index in [0.29, 0.717) is 26.1 Å². The summed E-state index contributed by atoms with van der Waals surface area (Å²) < 4.78 is 5.30. The predicted octanol–water partition coefficient (Wildman–Crippen LogP) is 2.19. The van der Waals surface area contributed by atoms with Crippen molar-refractivity contribution in [1.29, 1.82) is 0 Å². The van der Waals surface area contributed by atoms with Gasteiger partial charge in [0.2, 0.25) is 11.8 Å². The van der Waals surface area contributed by atoms with Crippen LogP contribution in [0.2, 0.25) is 0 Å². The van der Waals surface area contributed by atoms with Crippen LogP contribution in [0.3, 0.4) is 0 Å². The number of carbonyl (C=O) groups excluding carboxylic acids is 2. The molecule has 2 amide bonds. The molecule has 28 heavy (non-hydrogen) atoms. The number of amides is 2.